The van der Waals surface area contributed by atoms with Gasteiger partial charge < -0.3 is 14.2 Å². The van der Waals surface area contributed by atoms with Gasteiger partial charge in [0.15, 0.2) is 4.77 Å². The number of hydrogen-bond acceptors (Lipinski definition) is 4. The topological polar surface area (TPSA) is 63.1 Å². The van der Waals surface area contributed by atoms with Crippen LogP contribution in [0.2, 0.25) is 0 Å². The van der Waals surface area contributed by atoms with Crippen LogP contribution >= 0.6 is 12.2 Å². The van der Waals surface area contributed by atoms with Crippen molar-refractivity contribution in [2.45, 2.75) is 44.2 Å². The Bertz CT molecular complexity index is 797. The first-order valence-electron chi connectivity index (χ1n) is 8.85. The summed E-state index contributed by atoms with van der Waals surface area (Å²) in [5.74, 6) is 1.21. The Morgan fingerprint density at radius 1 is 1.28 bits per heavy atom. The molecule has 2 aromatic rings. The van der Waals surface area contributed by atoms with Gasteiger partial charge in [0.2, 0.25) is 0 Å². The molecule has 132 valence electrons. The van der Waals surface area contributed by atoms with E-state index < -0.39 is 0 Å². The van der Waals surface area contributed by atoms with Crippen molar-refractivity contribution in [2.24, 2.45) is 0 Å². The Labute approximate surface area is 151 Å². The average molecular weight is 358 g/mol. The number of nitrogens with zero attached hydrogens (tertiary/aromatic N) is 3. The summed E-state index contributed by atoms with van der Waals surface area (Å²) in [4.78, 5) is 14.2. The van der Waals surface area contributed by atoms with Gasteiger partial charge in [-0.25, -0.2) is 4.79 Å². The van der Waals surface area contributed by atoms with Crippen LogP contribution in [-0.2, 0) is 11.3 Å². The lowest BCUT2D eigenvalue weighted by Crippen LogP contribution is -2.40. The Morgan fingerprint density at radius 3 is 2.84 bits per heavy atom. The van der Waals surface area contributed by atoms with E-state index in [0.717, 1.165) is 43.6 Å². The summed E-state index contributed by atoms with van der Waals surface area (Å²) in [6, 6.07) is 10.2. The van der Waals surface area contributed by atoms with Crippen LogP contribution in [0.4, 0.5) is 4.79 Å². The van der Waals surface area contributed by atoms with E-state index in [1.54, 1.807) is 4.90 Å². The van der Waals surface area contributed by atoms with Gasteiger partial charge in [-0.3, -0.25) is 5.10 Å². The number of likely N-dealkylation sites (tertiary alicyclic amines) is 1. The molecule has 1 aromatic heterocycles. The molecule has 6 nitrogen and oxygen atoms in total. The average Bonchev–Trinajstić information content (AvgIpc) is 3.42. The fourth-order valence-electron chi connectivity index (χ4n) is 3.45. The van der Waals surface area contributed by atoms with E-state index in [9.17, 15) is 4.79 Å². The first-order chi connectivity index (χ1) is 12.2. The van der Waals surface area contributed by atoms with E-state index in [1.165, 1.54) is 0 Å². The second kappa shape index (κ2) is 7.00. The number of hydrogen-bond donors (Lipinski definition) is 1. The van der Waals surface area contributed by atoms with Crippen molar-refractivity contribution >= 4 is 18.3 Å². The van der Waals surface area contributed by atoms with Crippen molar-refractivity contribution in [3.8, 4) is 0 Å². The van der Waals surface area contributed by atoms with Crippen LogP contribution in [0.3, 0.4) is 0 Å². The van der Waals surface area contributed by atoms with E-state index in [0.29, 0.717) is 24.0 Å². The molecule has 0 radical (unpaired) electrons. The van der Waals surface area contributed by atoms with Gasteiger partial charge in [-0.1, -0.05) is 30.3 Å². The zero-order valence-electron chi connectivity index (χ0n) is 14.1. The number of carbonyl (C=O) groups excluding carboxylic acids is 1. The monoisotopic (exact) mass is 358 g/mol. The molecular weight excluding hydrogens is 336 g/mol. The van der Waals surface area contributed by atoms with Crippen LogP contribution in [0.5, 0.6) is 0 Å². The molecule has 1 N–H and O–H groups in total. The van der Waals surface area contributed by atoms with Crippen LogP contribution in [0.15, 0.2) is 30.3 Å². The summed E-state index contributed by atoms with van der Waals surface area (Å²) in [7, 11) is 0. The number of ether oxygens (including phenoxy) is 1. The number of aromatic nitrogens is 3. The number of amides is 1. The lowest BCUT2D eigenvalue weighted by Gasteiger charge is -2.31. The third-order valence-electron chi connectivity index (χ3n) is 4.89. The molecule has 0 spiro atoms. The maximum atomic E-state index is 12.4. The first-order valence-corrected chi connectivity index (χ1v) is 9.25. The smallest absolute Gasteiger partial charge is 0.410 e. The number of H-pyrrole nitrogens is 1. The number of aromatic amines is 1. The lowest BCUT2D eigenvalue weighted by molar-refractivity contribution is 0.0850. The number of carbonyl (C=O) groups is 1. The molecule has 1 saturated carbocycles. The molecule has 1 aliphatic heterocycles. The van der Waals surface area contributed by atoms with E-state index in [-0.39, 0.29) is 12.0 Å². The Balaban J connectivity index is 1.41. The minimum Gasteiger partial charge on any atom is -0.445 e. The molecule has 0 bridgehead atoms. The maximum absolute atomic E-state index is 12.4. The van der Waals surface area contributed by atoms with Gasteiger partial charge >= 0.3 is 6.09 Å². The fourth-order valence-corrected chi connectivity index (χ4v) is 3.74. The van der Waals surface area contributed by atoms with E-state index in [2.05, 4.69) is 14.8 Å². The van der Waals surface area contributed by atoms with Crippen molar-refractivity contribution in [1.82, 2.24) is 19.7 Å². The highest BCUT2D eigenvalue weighted by Crippen LogP contribution is 2.38. The third-order valence-corrected chi connectivity index (χ3v) is 5.18. The molecule has 1 saturated heterocycles. The highest BCUT2D eigenvalue weighted by atomic mass is 32.1. The molecule has 7 heteroatoms. The molecule has 25 heavy (non-hydrogen) atoms. The van der Waals surface area contributed by atoms with Gasteiger partial charge in [0, 0.05) is 25.0 Å². The first kappa shape index (κ1) is 16.3. The number of benzene rings is 1. The molecule has 2 heterocycles. The van der Waals surface area contributed by atoms with Gasteiger partial charge in [-0.05, 0) is 43.5 Å². The van der Waals surface area contributed by atoms with E-state index in [4.69, 9.17) is 17.0 Å². The summed E-state index contributed by atoms with van der Waals surface area (Å²) in [6.45, 7) is 1.68. The van der Waals surface area contributed by atoms with Crippen LogP contribution in [0.1, 0.15) is 49.0 Å². The van der Waals surface area contributed by atoms with Crippen molar-refractivity contribution in [3.63, 3.8) is 0 Å². The lowest BCUT2D eigenvalue weighted by atomic mass is 9.97. The minimum absolute atomic E-state index is 0.214. The number of rotatable bonds is 4. The van der Waals surface area contributed by atoms with Gasteiger partial charge in [-0.2, -0.15) is 5.10 Å². The van der Waals surface area contributed by atoms with Crippen molar-refractivity contribution in [2.75, 3.05) is 13.1 Å². The highest BCUT2D eigenvalue weighted by molar-refractivity contribution is 7.71. The standard InChI is InChI=1S/C18H22N4O2S/c23-18(24-12-13-5-2-1-3-6-13)21-10-4-7-14(11-21)16-19-20-17(25)22(16)15-8-9-15/h1-3,5-6,14-15H,4,7-12H2,(H,20,25). The van der Waals surface area contributed by atoms with Crippen molar-refractivity contribution in [3.05, 3.63) is 46.5 Å². The summed E-state index contributed by atoms with van der Waals surface area (Å²) in [5, 5.41) is 7.38. The molecule has 1 atom stereocenters. The molecule has 1 aromatic carbocycles. The summed E-state index contributed by atoms with van der Waals surface area (Å²) in [6.07, 6.45) is 4.05. The van der Waals surface area contributed by atoms with Crippen molar-refractivity contribution < 1.29 is 9.53 Å². The minimum atomic E-state index is -0.249. The fraction of sp³-hybridized carbons (Fsp3) is 0.500. The normalized spacial score (nSPS) is 20.5. The molecule has 4 rings (SSSR count). The predicted octanol–water partition coefficient (Wildman–Crippen LogP) is 3.79. The van der Waals surface area contributed by atoms with Gasteiger partial charge in [-0.15, -0.1) is 0 Å². The second-order valence-corrected chi connectivity index (χ2v) is 7.20. The molecule has 2 fully saturated rings. The Morgan fingerprint density at radius 2 is 2.08 bits per heavy atom. The van der Waals surface area contributed by atoms with Gasteiger partial charge in [0.05, 0.1) is 0 Å². The Hall–Kier alpha value is -2.15. The van der Waals surface area contributed by atoms with Gasteiger partial charge in [0.25, 0.3) is 0 Å². The molecular formula is C18H22N4O2S. The summed E-state index contributed by atoms with van der Waals surface area (Å²) in [5.41, 5.74) is 0.999. The highest BCUT2D eigenvalue weighted by Gasteiger charge is 2.33. The Kier molecular flexibility index (Phi) is 4.57. The van der Waals surface area contributed by atoms with E-state index >= 15 is 0 Å². The van der Waals surface area contributed by atoms with Crippen LogP contribution in [0, 0.1) is 4.77 Å². The SMILES string of the molecule is O=C(OCc1ccccc1)N1CCCC(c2n[nH]c(=S)n2C2CC2)C1. The van der Waals surface area contributed by atoms with E-state index in [1.807, 2.05) is 30.3 Å². The van der Waals surface area contributed by atoms with Crippen LogP contribution in [-0.4, -0.2) is 38.8 Å². The number of nitrogens with one attached hydrogen (secondary N) is 1. The third kappa shape index (κ3) is 3.61. The zero-order chi connectivity index (χ0) is 17.2. The van der Waals surface area contributed by atoms with Crippen LogP contribution in [0.25, 0.3) is 0 Å². The zero-order valence-corrected chi connectivity index (χ0v) is 14.9. The predicted molar refractivity (Wildman–Crippen MR) is 95.9 cm³/mol. The molecule has 1 amide bonds. The maximum Gasteiger partial charge on any atom is 0.410 e. The largest absolute Gasteiger partial charge is 0.445 e. The summed E-state index contributed by atoms with van der Waals surface area (Å²) < 4.78 is 8.33. The summed E-state index contributed by atoms with van der Waals surface area (Å²) >= 11 is 5.37. The second-order valence-electron chi connectivity index (χ2n) is 6.81. The molecule has 1 unspecified atom stereocenters. The number of piperidine rings is 1. The molecule has 2 aliphatic rings. The van der Waals surface area contributed by atoms with Gasteiger partial charge in [0.1, 0.15) is 12.4 Å². The van der Waals surface area contributed by atoms with Crippen LogP contribution < -0.4 is 0 Å². The molecule has 1 aliphatic carbocycles. The van der Waals surface area contributed by atoms with Crippen molar-refractivity contribution in [1.29, 1.82) is 0 Å². The quantitative estimate of drug-likeness (QED) is 0.845.